The van der Waals surface area contributed by atoms with E-state index in [1.165, 1.54) is 11.8 Å². The zero-order valence-corrected chi connectivity index (χ0v) is 10.5. The summed E-state index contributed by atoms with van der Waals surface area (Å²) in [5.41, 5.74) is 2.05. The molecule has 16 heavy (non-hydrogen) atoms. The molecule has 1 aromatic rings. The van der Waals surface area contributed by atoms with Crippen LogP contribution in [0.15, 0.2) is 29.4 Å². The number of carbonyl (C=O) groups excluding carboxylic acids is 1. The van der Waals surface area contributed by atoms with Gasteiger partial charge in [0.15, 0.2) is 0 Å². The van der Waals surface area contributed by atoms with Gasteiger partial charge in [-0.3, -0.25) is 14.6 Å². The minimum atomic E-state index is -0.364. The van der Waals surface area contributed by atoms with Crippen LogP contribution in [0.25, 0.3) is 0 Å². The van der Waals surface area contributed by atoms with Crippen molar-refractivity contribution in [3.8, 4) is 0 Å². The topological polar surface area (TPSA) is 51.2 Å². The lowest BCUT2D eigenvalue weighted by Gasteiger charge is -2.18. The lowest BCUT2D eigenvalue weighted by molar-refractivity contribution is -0.142. The van der Waals surface area contributed by atoms with Gasteiger partial charge in [0.2, 0.25) is 0 Å². The highest BCUT2D eigenvalue weighted by molar-refractivity contribution is 8.00. The Morgan fingerprint density at radius 1 is 1.44 bits per heavy atom. The van der Waals surface area contributed by atoms with Gasteiger partial charge < -0.3 is 0 Å². The van der Waals surface area contributed by atoms with Gasteiger partial charge in [-0.05, 0) is 32.9 Å². The van der Waals surface area contributed by atoms with E-state index in [-0.39, 0.29) is 11.5 Å². The molecule has 0 aromatic carbocycles. The van der Waals surface area contributed by atoms with Crippen LogP contribution in [0.5, 0.6) is 0 Å². The molecule has 1 amide bonds. The third-order valence-electron chi connectivity index (χ3n) is 1.49. The van der Waals surface area contributed by atoms with E-state index in [0.29, 0.717) is 5.75 Å². The fraction of sp³-hybridized carbons (Fsp3) is 0.455. The molecule has 5 heteroatoms. The maximum absolute atomic E-state index is 11.4. The Morgan fingerprint density at radius 2 is 2.06 bits per heavy atom. The summed E-state index contributed by atoms with van der Waals surface area (Å²) in [7, 11) is 0. The number of amides is 1. The molecule has 0 aliphatic rings. The van der Waals surface area contributed by atoms with E-state index in [1.54, 1.807) is 12.4 Å². The quantitative estimate of drug-likeness (QED) is 0.646. The molecule has 0 aliphatic carbocycles. The van der Waals surface area contributed by atoms with Crippen LogP contribution in [0.4, 0.5) is 0 Å². The fourth-order valence-corrected chi connectivity index (χ4v) is 1.49. The van der Waals surface area contributed by atoms with Crippen molar-refractivity contribution >= 4 is 17.7 Å². The number of pyridine rings is 1. The SMILES string of the molecule is CC(C)(C)ONC(=O)CSc1ccncc1. The van der Waals surface area contributed by atoms with Crippen LogP contribution in [-0.4, -0.2) is 22.2 Å². The summed E-state index contributed by atoms with van der Waals surface area (Å²) in [6, 6.07) is 3.73. The Balaban J connectivity index is 2.26. The second-order valence-corrected chi connectivity index (χ2v) is 5.26. The van der Waals surface area contributed by atoms with Crippen LogP contribution in [-0.2, 0) is 9.63 Å². The van der Waals surface area contributed by atoms with Crippen LogP contribution < -0.4 is 5.48 Å². The zero-order chi connectivity index (χ0) is 12.0. The molecule has 1 heterocycles. The maximum Gasteiger partial charge on any atom is 0.253 e. The van der Waals surface area contributed by atoms with Gasteiger partial charge in [0, 0.05) is 17.3 Å². The predicted octanol–water partition coefficient (Wildman–Crippen LogP) is 2.02. The number of hydrogen-bond donors (Lipinski definition) is 1. The summed E-state index contributed by atoms with van der Waals surface area (Å²) in [5.74, 6) is 0.192. The highest BCUT2D eigenvalue weighted by atomic mass is 32.2. The molecular weight excluding hydrogens is 224 g/mol. The Bertz CT molecular complexity index is 336. The Kier molecular flexibility index (Phi) is 4.76. The first-order valence-electron chi connectivity index (χ1n) is 4.97. The van der Waals surface area contributed by atoms with Gasteiger partial charge in [0.25, 0.3) is 5.91 Å². The van der Waals surface area contributed by atoms with E-state index in [4.69, 9.17) is 4.84 Å². The number of aromatic nitrogens is 1. The summed E-state index contributed by atoms with van der Waals surface area (Å²) in [4.78, 5) is 21.5. The van der Waals surface area contributed by atoms with E-state index >= 15 is 0 Å². The van der Waals surface area contributed by atoms with Gasteiger partial charge in [-0.15, -0.1) is 11.8 Å². The van der Waals surface area contributed by atoms with Crippen LogP contribution in [0, 0.1) is 0 Å². The average molecular weight is 240 g/mol. The summed E-state index contributed by atoms with van der Waals surface area (Å²) in [6.07, 6.45) is 3.40. The number of rotatable bonds is 4. The number of carbonyl (C=O) groups is 1. The van der Waals surface area contributed by atoms with Crippen LogP contribution >= 0.6 is 11.8 Å². The minimum absolute atomic E-state index is 0.142. The number of nitrogens with zero attached hydrogens (tertiary/aromatic N) is 1. The van der Waals surface area contributed by atoms with Crippen LogP contribution in [0.1, 0.15) is 20.8 Å². The molecule has 0 radical (unpaired) electrons. The number of hydroxylamine groups is 1. The van der Waals surface area contributed by atoms with E-state index in [9.17, 15) is 4.79 Å². The van der Waals surface area contributed by atoms with Gasteiger partial charge in [-0.2, -0.15) is 0 Å². The minimum Gasteiger partial charge on any atom is -0.272 e. The third-order valence-corrected chi connectivity index (χ3v) is 2.50. The molecule has 1 aromatic heterocycles. The second kappa shape index (κ2) is 5.86. The summed E-state index contributed by atoms with van der Waals surface area (Å²) < 4.78 is 0. The second-order valence-electron chi connectivity index (χ2n) is 4.21. The number of nitrogens with one attached hydrogen (secondary N) is 1. The predicted molar refractivity (Wildman–Crippen MR) is 63.9 cm³/mol. The first-order chi connectivity index (χ1) is 7.47. The molecule has 1 N–H and O–H groups in total. The van der Waals surface area contributed by atoms with E-state index in [1.807, 2.05) is 32.9 Å². The molecule has 0 atom stereocenters. The molecule has 0 saturated heterocycles. The van der Waals surface area contributed by atoms with Gasteiger partial charge in [-0.1, -0.05) is 0 Å². The van der Waals surface area contributed by atoms with Crippen molar-refractivity contribution in [1.82, 2.24) is 10.5 Å². The van der Waals surface area contributed by atoms with Gasteiger partial charge in [0.05, 0.1) is 11.4 Å². The highest BCUT2D eigenvalue weighted by Crippen LogP contribution is 2.15. The van der Waals surface area contributed by atoms with Crippen molar-refractivity contribution in [3.05, 3.63) is 24.5 Å². The average Bonchev–Trinajstić information content (AvgIpc) is 2.24. The summed E-state index contributed by atoms with van der Waals surface area (Å²) >= 11 is 1.45. The Morgan fingerprint density at radius 3 is 2.62 bits per heavy atom. The van der Waals surface area contributed by atoms with Gasteiger partial charge in [-0.25, -0.2) is 5.48 Å². The fourth-order valence-electron chi connectivity index (χ4n) is 0.823. The Hall–Kier alpha value is -1.07. The maximum atomic E-state index is 11.4. The van der Waals surface area contributed by atoms with Crippen molar-refractivity contribution in [3.63, 3.8) is 0 Å². The normalized spacial score (nSPS) is 11.2. The van der Waals surface area contributed by atoms with E-state index in [0.717, 1.165) is 4.90 Å². The zero-order valence-electron chi connectivity index (χ0n) is 9.69. The summed E-state index contributed by atoms with van der Waals surface area (Å²) in [6.45, 7) is 5.63. The van der Waals surface area contributed by atoms with Gasteiger partial charge >= 0.3 is 0 Å². The molecule has 0 unspecified atom stereocenters. The largest absolute Gasteiger partial charge is 0.272 e. The lowest BCUT2D eigenvalue weighted by Crippen LogP contribution is -2.34. The molecule has 0 saturated carbocycles. The molecule has 88 valence electrons. The van der Waals surface area contributed by atoms with E-state index < -0.39 is 0 Å². The lowest BCUT2D eigenvalue weighted by atomic mass is 10.2. The molecular formula is C11H16N2O2S. The first-order valence-corrected chi connectivity index (χ1v) is 5.95. The molecule has 0 aliphatic heterocycles. The van der Waals surface area contributed by atoms with E-state index in [2.05, 4.69) is 10.5 Å². The number of hydrogen-bond acceptors (Lipinski definition) is 4. The Labute approximate surface area is 99.7 Å². The van der Waals surface area contributed by atoms with Crippen molar-refractivity contribution in [2.24, 2.45) is 0 Å². The molecule has 0 bridgehead atoms. The highest BCUT2D eigenvalue weighted by Gasteiger charge is 2.12. The third kappa shape index (κ3) is 5.72. The summed E-state index contributed by atoms with van der Waals surface area (Å²) in [5, 5.41) is 0. The van der Waals surface area contributed by atoms with Crippen molar-refractivity contribution < 1.29 is 9.63 Å². The van der Waals surface area contributed by atoms with Crippen LogP contribution in [0.3, 0.4) is 0 Å². The number of thioether (sulfide) groups is 1. The first kappa shape index (κ1) is 13.0. The van der Waals surface area contributed by atoms with Crippen LogP contribution in [0.2, 0.25) is 0 Å². The molecule has 0 spiro atoms. The van der Waals surface area contributed by atoms with Crippen molar-refractivity contribution in [1.29, 1.82) is 0 Å². The molecule has 4 nitrogen and oxygen atoms in total. The van der Waals surface area contributed by atoms with Gasteiger partial charge in [0.1, 0.15) is 0 Å². The van der Waals surface area contributed by atoms with Crippen molar-refractivity contribution in [2.45, 2.75) is 31.3 Å². The van der Waals surface area contributed by atoms with Crippen molar-refractivity contribution in [2.75, 3.05) is 5.75 Å². The molecule has 0 fully saturated rings. The smallest absolute Gasteiger partial charge is 0.253 e. The standard InChI is InChI=1S/C11H16N2O2S/c1-11(2,3)15-13-10(14)8-16-9-4-6-12-7-5-9/h4-7H,8H2,1-3H3,(H,13,14). The molecule has 1 rings (SSSR count). The monoisotopic (exact) mass is 240 g/mol.